The molecule has 0 unspecified atom stereocenters. The van der Waals surface area contributed by atoms with Crippen LogP contribution in [0.2, 0.25) is 0 Å². The topological polar surface area (TPSA) is 146 Å². The number of carbonyl (C=O) groups excluding carboxylic acids is 2. The Hall–Kier alpha value is -3.66. The van der Waals surface area contributed by atoms with Gasteiger partial charge in [0.1, 0.15) is 11.8 Å². The second-order valence-electron chi connectivity index (χ2n) is 10.8. The minimum absolute atomic E-state index is 0.127. The number of aliphatic carboxylic acids is 1. The Bertz CT molecular complexity index is 1300. The van der Waals surface area contributed by atoms with Crippen LogP contribution >= 0.6 is 0 Å². The van der Waals surface area contributed by atoms with E-state index in [-0.39, 0.29) is 30.3 Å². The molecule has 10 heteroatoms. The summed E-state index contributed by atoms with van der Waals surface area (Å²) in [6, 6.07) is 5.58. The Morgan fingerprint density at radius 3 is 2.51 bits per heavy atom. The highest BCUT2D eigenvalue weighted by atomic mass is 16.4. The first-order chi connectivity index (χ1) is 18.7. The van der Waals surface area contributed by atoms with Crippen molar-refractivity contribution in [1.29, 1.82) is 0 Å². The zero-order chi connectivity index (χ0) is 28.1. The molecule has 1 fully saturated rings. The van der Waals surface area contributed by atoms with Crippen LogP contribution in [0.15, 0.2) is 34.9 Å². The van der Waals surface area contributed by atoms with Gasteiger partial charge in [0.15, 0.2) is 0 Å². The number of rotatable bonds is 9. The molecule has 1 saturated heterocycles. The molecule has 3 heterocycles. The van der Waals surface area contributed by atoms with Gasteiger partial charge >= 0.3 is 12.0 Å². The molecule has 0 aliphatic carbocycles. The van der Waals surface area contributed by atoms with Crippen LogP contribution in [0.1, 0.15) is 74.9 Å². The van der Waals surface area contributed by atoms with Crippen molar-refractivity contribution in [2.75, 3.05) is 13.1 Å². The van der Waals surface area contributed by atoms with E-state index in [9.17, 15) is 19.5 Å². The number of imide groups is 1. The Labute approximate surface area is 228 Å². The largest absolute Gasteiger partial charge is 0.481 e. The fraction of sp³-hybridized carbons (Fsp3) is 0.517. The van der Waals surface area contributed by atoms with E-state index in [2.05, 4.69) is 9.97 Å². The third-order valence-corrected chi connectivity index (χ3v) is 7.28. The minimum Gasteiger partial charge on any atom is -0.481 e. The molecule has 1 aliphatic heterocycles. The minimum atomic E-state index is -1.04. The normalized spacial score (nSPS) is 15.8. The number of aryl methyl sites for hydroxylation is 1. The molecule has 10 nitrogen and oxygen atoms in total. The maximum absolute atomic E-state index is 14.2. The van der Waals surface area contributed by atoms with Crippen LogP contribution in [-0.4, -0.2) is 61.9 Å². The zero-order valence-corrected chi connectivity index (χ0v) is 23.0. The SMILES string of the molecule is Cc1oc([C@@H](Cc2c[nH]c3ccccc23)N(C(=O)[C@@H](N)CC(C)C)C(=O)N2CCCCCC2)nc1CC(=O)O. The van der Waals surface area contributed by atoms with Crippen molar-refractivity contribution < 1.29 is 23.9 Å². The third kappa shape index (κ3) is 6.68. The van der Waals surface area contributed by atoms with E-state index in [1.807, 2.05) is 44.3 Å². The van der Waals surface area contributed by atoms with Gasteiger partial charge in [-0.15, -0.1) is 0 Å². The quantitative estimate of drug-likeness (QED) is 0.362. The molecule has 39 heavy (non-hydrogen) atoms. The summed E-state index contributed by atoms with van der Waals surface area (Å²) in [7, 11) is 0. The number of nitrogens with one attached hydrogen (secondary N) is 1. The van der Waals surface area contributed by atoms with Crippen molar-refractivity contribution in [3.05, 3.63) is 53.4 Å². The number of nitrogens with two attached hydrogens (primary N) is 1. The Kier molecular flexibility index (Phi) is 9.06. The lowest BCUT2D eigenvalue weighted by molar-refractivity contribution is -0.136. The fourth-order valence-electron chi connectivity index (χ4n) is 5.28. The molecule has 4 N–H and O–H groups in total. The predicted octanol–water partition coefficient (Wildman–Crippen LogP) is 4.57. The summed E-state index contributed by atoms with van der Waals surface area (Å²) in [6.45, 7) is 6.71. The molecule has 2 aromatic heterocycles. The fourth-order valence-corrected chi connectivity index (χ4v) is 5.28. The van der Waals surface area contributed by atoms with Crippen LogP contribution in [0.25, 0.3) is 10.9 Å². The summed E-state index contributed by atoms with van der Waals surface area (Å²) in [5.41, 5.74) is 8.47. The molecule has 3 aromatic rings. The van der Waals surface area contributed by atoms with Crippen molar-refractivity contribution >= 4 is 28.8 Å². The molecule has 0 bridgehead atoms. The number of amides is 3. The summed E-state index contributed by atoms with van der Waals surface area (Å²) < 4.78 is 6.00. The monoisotopic (exact) mass is 537 g/mol. The number of urea groups is 1. The standard InChI is InChI=1S/C29H39N5O5/c1-18(2)14-22(30)28(37)34(29(38)33-12-8-4-5-9-13-33)25(27-32-24(16-26(35)36)19(3)39-27)15-20-17-31-23-11-7-6-10-21(20)23/h6-7,10-11,17-18,22,25,31H,4-5,8-9,12-16,30H2,1-3H3,(H,35,36)/t22-,25+/m0/s1. The summed E-state index contributed by atoms with van der Waals surface area (Å²) in [4.78, 5) is 50.4. The first-order valence-electron chi connectivity index (χ1n) is 13.8. The number of carbonyl (C=O) groups is 3. The maximum Gasteiger partial charge on any atom is 0.327 e. The molecule has 2 atom stereocenters. The molecular weight excluding hydrogens is 498 g/mol. The molecule has 4 rings (SSSR count). The van der Waals surface area contributed by atoms with Gasteiger partial charge < -0.3 is 25.1 Å². The van der Waals surface area contributed by atoms with Crippen LogP contribution in [0.5, 0.6) is 0 Å². The first-order valence-corrected chi connectivity index (χ1v) is 13.8. The van der Waals surface area contributed by atoms with Crippen molar-refractivity contribution in [2.45, 2.75) is 77.8 Å². The average molecular weight is 538 g/mol. The smallest absolute Gasteiger partial charge is 0.327 e. The first kappa shape index (κ1) is 28.4. The van der Waals surface area contributed by atoms with Gasteiger partial charge in [-0.3, -0.25) is 9.59 Å². The van der Waals surface area contributed by atoms with Crippen LogP contribution in [0, 0.1) is 12.8 Å². The van der Waals surface area contributed by atoms with E-state index in [1.54, 1.807) is 11.8 Å². The molecule has 210 valence electrons. The molecule has 0 spiro atoms. The van der Waals surface area contributed by atoms with Gasteiger partial charge in [-0.25, -0.2) is 14.7 Å². The molecular formula is C29H39N5O5. The molecule has 0 radical (unpaired) electrons. The third-order valence-electron chi connectivity index (χ3n) is 7.28. The van der Waals surface area contributed by atoms with Crippen molar-refractivity contribution in [1.82, 2.24) is 19.8 Å². The molecule has 3 amide bonds. The van der Waals surface area contributed by atoms with Crippen LogP contribution in [0.3, 0.4) is 0 Å². The highest BCUT2D eigenvalue weighted by molar-refractivity contribution is 5.97. The van der Waals surface area contributed by atoms with Crippen LogP contribution in [-0.2, 0) is 22.4 Å². The van der Waals surface area contributed by atoms with Gasteiger partial charge in [-0.2, -0.15) is 0 Å². The Morgan fingerprint density at radius 1 is 1.15 bits per heavy atom. The van der Waals surface area contributed by atoms with Gasteiger partial charge in [-0.05, 0) is 43.7 Å². The maximum atomic E-state index is 14.2. The van der Waals surface area contributed by atoms with E-state index in [0.29, 0.717) is 25.3 Å². The van der Waals surface area contributed by atoms with Gasteiger partial charge in [-0.1, -0.05) is 44.9 Å². The average Bonchev–Trinajstić information content (AvgIpc) is 3.33. The van der Waals surface area contributed by atoms with E-state index in [1.165, 1.54) is 4.90 Å². The highest BCUT2D eigenvalue weighted by Crippen LogP contribution is 2.32. The number of aromatic nitrogens is 2. The summed E-state index contributed by atoms with van der Waals surface area (Å²) in [5, 5.41) is 10.3. The number of carboxylic acid groups (broad SMARTS) is 1. The number of nitrogens with zero attached hydrogens (tertiary/aromatic N) is 3. The summed E-state index contributed by atoms with van der Waals surface area (Å²) in [6.07, 6.45) is 5.96. The van der Waals surface area contributed by atoms with Gasteiger partial charge in [0.2, 0.25) is 11.8 Å². The van der Waals surface area contributed by atoms with Crippen LogP contribution in [0.4, 0.5) is 4.79 Å². The number of aromatic amines is 1. The highest BCUT2D eigenvalue weighted by Gasteiger charge is 2.40. The summed E-state index contributed by atoms with van der Waals surface area (Å²) >= 11 is 0. The second kappa shape index (κ2) is 12.5. The van der Waals surface area contributed by atoms with Crippen molar-refractivity contribution in [2.24, 2.45) is 11.7 Å². The van der Waals surface area contributed by atoms with Gasteiger partial charge in [0, 0.05) is 36.6 Å². The van der Waals surface area contributed by atoms with E-state index >= 15 is 0 Å². The molecule has 1 aromatic carbocycles. The van der Waals surface area contributed by atoms with Crippen molar-refractivity contribution in [3.63, 3.8) is 0 Å². The number of fused-ring (bicyclic) bond motifs is 1. The molecule has 0 saturated carbocycles. The number of para-hydroxylation sites is 1. The lowest BCUT2D eigenvalue weighted by Gasteiger charge is -2.34. The lowest BCUT2D eigenvalue weighted by atomic mass is 10.00. The van der Waals surface area contributed by atoms with Gasteiger partial charge in [0.05, 0.1) is 18.2 Å². The second-order valence-corrected chi connectivity index (χ2v) is 10.8. The van der Waals surface area contributed by atoms with Gasteiger partial charge in [0.25, 0.3) is 0 Å². The zero-order valence-electron chi connectivity index (χ0n) is 23.0. The number of oxazole rings is 1. The lowest BCUT2D eigenvalue weighted by Crippen LogP contribution is -2.54. The summed E-state index contributed by atoms with van der Waals surface area (Å²) in [5.74, 6) is -0.908. The Balaban J connectivity index is 1.82. The molecule has 1 aliphatic rings. The van der Waals surface area contributed by atoms with E-state index in [0.717, 1.165) is 42.1 Å². The number of benzene rings is 1. The Morgan fingerprint density at radius 2 is 1.85 bits per heavy atom. The predicted molar refractivity (Wildman–Crippen MR) is 147 cm³/mol. The number of likely N-dealkylation sites (tertiary alicyclic amines) is 1. The number of hydrogen-bond acceptors (Lipinski definition) is 6. The van der Waals surface area contributed by atoms with E-state index < -0.39 is 30.0 Å². The number of H-pyrrole nitrogens is 1. The number of carboxylic acids is 1. The van der Waals surface area contributed by atoms with Crippen LogP contribution < -0.4 is 5.73 Å². The number of hydrogen-bond donors (Lipinski definition) is 3. The van der Waals surface area contributed by atoms with E-state index in [4.69, 9.17) is 10.2 Å². The van der Waals surface area contributed by atoms with Crippen molar-refractivity contribution in [3.8, 4) is 0 Å².